The van der Waals surface area contributed by atoms with Gasteiger partial charge in [0.2, 0.25) is 5.91 Å². The van der Waals surface area contributed by atoms with E-state index < -0.39 is 0 Å². The van der Waals surface area contributed by atoms with E-state index in [1.807, 2.05) is 32.0 Å². The van der Waals surface area contributed by atoms with Gasteiger partial charge < -0.3 is 14.5 Å². The van der Waals surface area contributed by atoms with Gasteiger partial charge in [-0.2, -0.15) is 5.10 Å². The number of morpholine rings is 1. The topological polar surface area (TPSA) is 67.7 Å². The van der Waals surface area contributed by atoms with E-state index in [1.54, 1.807) is 11.3 Å². The van der Waals surface area contributed by atoms with Gasteiger partial charge in [-0.1, -0.05) is 36.4 Å². The van der Waals surface area contributed by atoms with Crippen LogP contribution in [0.25, 0.3) is 0 Å². The van der Waals surface area contributed by atoms with Crippen LogP contribution < -0.4 is 0 Å². The van der Waals surface area contributed by atoms with Gasteiger partial charge in [-0.05, 0) is 36.3 Å². The first-order valence-corrected chi connectivity index (χ1v) is 13.4. The zero-order valence-electron chi connectivity index (χ0n) is 20.0. The first-order valence-electron chi connectivity index (χ1n) is 12.5. The molecule has 0 unspecified atom stereocenters. The van der Waals surface area contributed by atoms with E-state index in [9.17, 15) is 9.59 Å². The van der Waals surface area contributed by atoms with Crippen LogP contribution in [-0.2, 0) is 41.9 Å². The van der Waals surface area contributed by atoms with Crippen LogP contribution in [0.2, 0.25) is 0 Å². The number of nitrogens with zero attached hydrogens (tertiary/aromatic N) is 4. The Morgan fingerprint density at radius 1 is 0.971 bits per heavy atom. The molecular formula is C27H32N4O3S. The molecule has 0 spiro atoms. The highest BCUT2D eigenvalue weighted by molar-refractivity contribution is 7.09. The fourth-order valence-corrected chi connectivity index (χ4v) is 5.61. The lowest BCUT2D eigenvalue weighted by Gasteiger charge is -2.29. The number of carbonyl (C=O) groups is 2. The number of benzene rings is 1. The number of ether oxygens (including phenoxy) is 1. The summed E-state index contributed by atoms with van der Waals surface area (Å²) in [7, 11) is 0. The van der Waals surface area contributed by atoms with Crippen LogP contribution in [0.15, 0.2) is 47.8 Å². The van der Waals surface area contributed by atoms with E-state index in [2.05, 4.69) is 30.3 Å². The number of carbonyl (C=O) groups excluding carboxylic acids is 2. The lowest BCUT2D eigenvalue weighted by atomic mass is 10.0. The SMILES string of the molecule is O=C(CCc1cccs1)N1CCc2c(c(C(=O)N3CCOCC3)nn2CCCc2ccccc2)C1. The Morgan fingerprint density at radius 2 is 1.80 bits per heavy atom. The number of aryl methyl sites for hydroxylation is 3. The number of hydrogen-bond acceptors (Lipinski definition) is 5. The average Bonchev–Trinajstić information content (AvgIpc) is 3.56. The summed E-state index contributed by atoms with van der Waals surface area (Å²) in [5, 5.41) is 6.87. The van der Waals surface area contributed by atoms with E-state index in [0.717, 1.165) is 43.5 Å². The summed E-state index contributed by atoms with van der Waals surface area (Å²) >= 11 is 1.69. The largest absolute Gasteiger partial charge is 0.378 e. The molecule has 5 rings (SSSR count). The van der Waals surface area contributed by atoms with Crippen LogP contribution in [0.1, 0.15) is 45.0 Å². The molecule has 0 saturated carbocycles. The molecular weight excluding hydrogens is 460 g/mol. The molecule has 1 aromatic carbocycles. The molecule has 8 heteroatoms. The van der Waals surface area contributed by atoms with Crippen LogP contribution in [-0.4, -0.2) is 64.2 Å². The Balaban J connectivity index is 1.32. The lowest BCUT2D eigenvalue weighted by Crippen LogP contribution is -2.42. The smallest absolute Gasteiger partial charge is 0.274 e. The Hall–Kier alpha value is -2.97. The molecule has 1 fully saturated rings. The number of aromatic nitrogens is 2. The van der Waals surface area contributed by atoms with Crippen LogP contribution in [0.3, 0.4) is 0 Å². The van der Waals surface area contributed by atoms with Gasteiger partial charge >= 0.3 is 0 Å². The maximum atomic E-state index is 13.4. The third-order valence-corrected chi connectivity index (χ3v) is 7.77. The highest BCUT2D eigenvalue weighted by atomic mass is 32.1. The number of rotatable bonds is 8. The van der Waals surface area contributed by atoms with Crippen LogP contribution in [0.5, 0.6) is 0 Å². The lowest BCUT2D eigenvalue weighted by molar-refractivity contribution is -0.132. The summed E-state index contributed by atoms with van der Waals surface area (Å²) < 4.78 is 7.46. The molecule has 0 bridgehead atoms. The molecule has 1 saturated heterocycles. The summed E-state index contributed by atoms with van der Waals surface area (Å²) in [5.74, 6) is 0.102. The molecule has 0 N–H and O–H groups in total. The van der Waals surface area contributed by atoms with Crippen LogP contribution in [0, 0.1) is 0 Å². The highest BCUT2D eigenvalue weighted by Crippen LogP contribution is 2.26. The summed E-state index contributed by atoms with van der Waals surface area (Å²) in [5.41, 5.74) is 3.85. The second kappa shape index (κ2) is 11.2. The normalized spacial score (nSPS) is 15.8. The quantitative estimate of drug-likeness (QED) is 0.482. The average molecular weight is 493 g/mol. The molecule has 0 aliphatic carbocycles. The zero-order chi connectivity index (χ0) is 24.0. The molecule has 3 aromatic rings. The van der Waals surface area contributed by atoms with Gasteiger partial charge in [-0.25, -0.2) is 0 Å². The molecule has 7 nitrogen and oxygen atoms in total. The molecule has 2 aliphatic rings. The molecule has 35 heavy (non-hydrogen) atoms. The van der Waals surface area contributed by atoms with Gasteiger partial charge in [-0.3, -0.25) is 14.3 Å². The summed E-state index contributed by atoms with van der Waals surface area (Å²) in [4.78, 5) is 31.4. The fourth-order valence-electron chi connectivity index (χ4n) is 4.90. The zero-order valence-corrected chi connectivity index (χ0v) is 20.8. The molecule has 0 atom stereocenters. The maximum Gasteiger partial charge on any atom is 0.274 e. The van der Waals surface area contributed by atoms with E-state index in [-0.39, 0.29) is 11.8 Å². The van der Waals surface area contributed by atoms with Crippen molar-refractivity contribution in [2.24, 2.45) is 0 Å². The van der Waals surface area contributed by atoms with Crippen LogP contribution in [0.4, 0.5) is 0 Å². The van der Waals surface area contributed by atoms with Crippen molar-refractivity contribution >= 4 is 23.2 Å². The van der Waals surface area contributed by atoms with Crippen molar-refractivity contribution in [2.75, 3.05) is 32.8 Å². The van der Waals surface area contributed by atoms with Crippen molar-refractivity contribution in [2.45, 2.75) is 45.2 Å². The van der Waals surface area contributed by atoms with Crippen molar-refractivity contribution in [3.8, 4) is 0 Å². The van der Waals surface area contributed by atoms with E-state index in [1.165, 1.54) is 10.4 Å². The second-order valence-corrected chi connectivity index (χ2v) is 10.2. The fraction of sp³-hybridized carbons (Fsp3) is 0.444. The molecule has 2 aromatic heterocycles. The second-order valence-electron chi connectivity index (χ2n) is 9.14. The third-order valence-electron chi connectivity index (χ3n) is 6.83. The maximum absolute atomic E-state index is 13.4. The molecule has 2 aliphatic heterocycles. The first-order chi connectivity index (χ1) is 17.2. The van der Waals surface area contributed by atoms with E-state index in [4.69, 9.17) is 9.84 Å². The molecule has 4 heterocycles. The molecule has 0 radical (unpaired) electrons. The third kappa shape index (κ3) is 5.65. The predicted octanol–water partition coefficient (Wildman–Crippen LogP) is 3.57. The number of hydrogen-bond donors (Lipinski definition) is 0. The Bertz CT molecular complexity index is 1140. The van der Waals surface area contributed by atoms with Gasteiger partial charge in [0, 0.05) is 61.7 Å². The Labute approximate surface area is 210 Å². The summed E-state index contributed by atoms with van der Waals surface area (Å²) in [6.07, 6.45) is 3.91. The highest BCUT2D eigenvalue weighted by Gasteiger charge is 2.32. The summed E-state index contributed by atoms with van der Waals surface area (Å²) in [6, 6.07) is 14.5. The van der Waals surface area contributed by atoms with Crippen LogP contribution >= 0.6 is 11.3 Å². The predicted molar refractivity (Wildman–Crippen MR) is 135 cm³/mol. The standard InChI is InChI=1S/C27H32N4O3S/c32-25(11-10-22-9-5-19-35-22)30-14-12-24-23(20-30)26(27(33)29-15-17-34-18-16-29)28-31(24)13-4-8-21-6-2-1-3-7-21/h1-3,5-7,9,19H,4,8,10-18,20H2. The Morgan fingerprint density at radius 3 is 2.57 bits per heavy atom. The minimum atomic E-state index is -0.0424. The van der Waals surface area contributed by atoms with Gasteiger partial charge in [0.1, 0.15) is 0 Å². The minimum Gasteiger partial charge on any atom is -0.378 e. The van der Waals surface area contributed by atoms with Crippen molar-refractivity contribution in [3.05, 3.63) is 75.2 Å². The van der Waals surface area contributed by atoms with Crippen molar-refractivity contribution in [1.29, 1.82) is 0 Å². The van der Waals surface area contributed by atoms with Crippen molar-refractivity contribution in [3.63, 3.8) is 0 Å². The number of amides is 2. The molecule has 2 amide bonds. The van der Waals surface area contributed by atoms with E-state index in [0.29, 0.717) is 51.5 Å². The number of fused-ring (bicyclic) bond motifs is 1. The molecule has 184 valence electrons. The Kier molecular flexibility index (Phi) is 7.59. The monoisotopic (exact) mass is 492 g/mol. The van der Waals surface area contributed by atoms with Gasteiger partial charge in [0.15, 0.2) is 5.69 Å². The summed E-state index contributed by atoms with van der Waals surface area (Å²) in [6.45, 7) is 4.17. The first kappa shape index (κ1) is 23.8. The van der Waals surface area contributed by atoms with Crippen molar-refractivity contribution < 1.29 is 14.3 Å². The van der Waals surface area contributed by atoms with Gasteiger partial charge in [0.05, 0.1) is 13.2 Å². The number of thiophene rings is 1. The minimum absolute atomic E-state index is 0.0424. The van der Waals surface area contributed by atoms with Crippen molar-refractivity contribution in [1.82, 2.24) is 19.6 Å². The van der Waals surface area contributed by atoms with Gasteiger partial charge in [0.25, 0.3) is 5.91 Å². The van der Waals surface area contributed by atoms with E-state index >= 15 is 0 Å². The van der Waals surface area contributed by atoms with Gasteiger partial charge in [-0.15, -0.1) is 11.3 Å².